The Morgan fingerprint density at radius 3 is 2.38 bits per heavy atom. The minimum absolute atomic E-state index is 0.0450. The molecule has 1 aliphatic rings. The quantitative estimate of drug-likeness (QED) is 0.702. The second kappa shape index (κ2) is 4.43. The van der Waals surface area contributed by atoms with Gasteiger partial charge in [-0.1, -0.05) is 26.7 Å². The van der Waals surface area contributed by atoms with E-state index in [9.17, 15) is 0 Å². The van der Waals surface area contributed by atoms with Crippen molar-refractivity contribution in [3.05, 3.63) is 0 Å². The van der Waals surface area contributed by atoms with Crippen molar-refractivity contribution in [1.29, 1.82) is 0 Å². The third-order valence-electron chi connectivity index (χ3n) is 3.72. The first-order chi connectivity index (χ1) is 6.12. The summed E-state index contributed by atoms with van der Waals surface area (Å²) < 4.78 is 0. The summed E-state index contributed by atoms with van der Waals surface area (Å²) in [6.07, 6.45) is 7.07. The maximum absolute atomic E-state index is 6.33. The molecule has 0 bridgehead atoms. The molecule has 2 heteroatoms. The van der Waals surface area contributed by atoms with Crippen LogP contribution in [0.2, 0.25) is 0 Å². The van der Waals surface area contributed by atoms with Crippen molar-refractivity contribution in [2.75, 3.05) is 0 Å². The normalized spacial score (nSPS) is 34.4. The van der Waals surface area contributed by atoms with Gasteiger partial charge in [0, 0.05) is 11.6 Å². The second-order valence-electron chi connectivity index (χ2n) is 4.62. The van der Waals surface area contributed by atoms with Crippen molar-refractivity contribution < 1.29 is 0 Å². The molecule has 0 aromatic carbocycles. The first kappa shape index (κ1) is 11.0. The van der Waals surface area contributed by atoms with E-state index in [1.807, 2.05) is 0 Å². The Hall–Kier alpha value is -0.0800. The van der Waals surface area contributed by atoms with E-state index in [0.29, 0.717) is 0 Å². The van der Waals surface area contributed by atoms with Gasteiger partial charge in [-0.3, -0.25) is 0 Å². The summed E-state index contributed by atoms with van der Waals surface area (Å²) in [4.78, 5) is 0. The molecule has 2 unspecified atom stereocenters. The zero-order valence-electron chi connectivity index (χ0n) is 9.05. The van der Waals surface area contributed by atoms with Crippen molar-refractivity contribution in [3.63, 3.8) is 0 Å². The van der Waals surface area contributed by atoms with Crippen LogP contribution in [-0.4, -0.2) is 11.6 Å². The van der Waals surface area contributed by atoms with Crippen LogP contribution < -0.4 is 11.5 Å². The fourth-order valence-corrected chi connectivity index (χ4v) is 2.49. The highest BCUT2D eigenvalue weighted by Crippen LogP contribution is 2.33. The zero-order valence-corrected chi connectivity index (χ0v) is 9.05. The van der Waals surface area contributed by atoms with Gasteiger partial charge in [-0.15, -0.1) is 0 Å². The molecular formula is C11H24N2. The van der Waals surface area contributed by atoms with E-state index in [4.69, 9.17) is 11.5 Å². The lowest BCUT2D eigenvalue weighted by Crippen LogP contribution is -2.52. The van der Waals surface area contributed by atoms with Crippen LogP contribution in [0.4, 0.5) is 0 Å². The predicted octanol–water partition coefficient (Wildman–Crippen LogP) is 2.02. The van der Waals surface area contributed by atoms with Gasteiger partial charge < -0.3 is 11.5 Å². The van der Waals surface area contributed by atoms with Gasteiger partial charge in [0.1, 0.15) is 0 Å². The topological polar surface area (TPSA) is 52.0 Å². The Bertz CT molecular complexity index is 154. The largest absolute Gasteiger partial charge is 0.326 e. The Balaban J connectivity index is 2.49. The van der Waals surface area contributed by atoms with Crippen molar-refractivity contribution in [3.8, 4) is 0 Å². The van der Waals surface area contributed by atoms with E-state index in [1.54, 1.807) is 0 Å². The Morgan fingerprint density at radius 1 is 1.38 bits per heavy atom. The van der Waals surface area contributed by atoms with Crippen molar-refractivity contribution in [1.82, 2.24) is 0 Å². The summed E-state index contributed by atoms with van der Waals surface area (Å²) in [5.74, 6) is 0.772. The Morgan fingerprint density at radius 2 is 2.00 bits per heavy atom. The highest BCUT2D eigenvalue weighted by atomic mass is 14.9. The first-order valence-corrected chi connectivity index (χ1v) is 5.66. The summed E-state index contributed by atoms with van der Waals surface area (Å²) in [7, 11) is 0. The number of hydrogen-bond donors (Lipinski definition) is 2. The van der Waals surface area contributed by atoms with Gasteiger partial charge in [-0.2, -0.15) is 0 Å². The maximum Gasteiger partial charge on any atom is 0.0310 e. The molecule has 0 aliphatic heterocycles. The fourth-order valence-electron chi connectivity index (χ4n) is 2.49. The average molecular weight is 184 g/mol. The molecule has 1 rings (SSSR count). The molecule has 4 N–H and O–H groups in total. The average Bonchev–Trinajstić information content (AvgIpc) is 2.44. The summed E-state index contributed by atoms with van der Waals surface area (Å²) in [5.41, 5.74) is 12.3. The molecule has 1 fully saturated rings. The van der Waals surface area contributed by atoms with Crippen LogP contribution in [-0.2, 0) is 0 Å². The van der Waals surface area contributed by atoms with E-state index in [2.05, 4.69) is 13.8 Å². The van der Waals surface area contributed by atoms with Gasteiger partial charge in [-0.25, -0.2) is 0 Å². The number of rotatable bonds is 4. The third kappa shape index (κ3) is 2.44. The molecule has 0 saturated heterocycles. The molecule has 0 aromatic heterocycles. The molecule has 0 spiro atoms. The van der Waals surface area contributed by atoms with Gasteiger partial charge in [0.05, 0.1) is 0 Å². The smallest absolute Gasteiger partial charge is 0.0310 e. The van der Waals surface area contributed by atoms with Gasteiger partial charge in [0.15, 0.2) is 0 Å². The highest BCUT2D eigenvalue weighted by molar-refractivity contribution is 5.00. The third-order valence-corrected chi connectivity index (χ3v) is 3.72. The maximum atomic E-state index is 6.33. The number of hydrogen-bond acceptors (Lipinski definition) is 2. The van der Waals surface area contributed by atoms with Gasteiger partial charge in [0.2, 0.25) is 0 Å². The van der Waals surface area contributed by atoms with Crippen LogP contribution in [0.15, 0.2) is 0 Å². The SMILES string of the molecule is CCC(CC)CC1(N)CCCC1N. The standard InChI is InChI=1S/C11H24N2/c1-3-9(4-2)8-11(13)7-5-6-10(11)12/h9-10H,3-8,12-13H2,1-2H3. The lowest BCUT2D eigenvalue weighted by Gasteiger charge is -2.32. The number of nitrogens with two attached hydrogens (primary N) is 2. The molecule has 1 saturated carbocycles. The minimum Gasteiger partial charge on any atom is -0.326 e. The molecule has 0 radical (unpaired) electrons. The highest BCUT2D eigenvalue weighted by Gasteiger charge is 2.37. The lowest BCUT2D eigenvalue weighted by atomic mass is 9.82. The molecule has 0 amide bonds. The van der Waals surface area contributed by atoms with E-state index in [0.717, 1.165) is 25.2 Å². The summed E-state index contributed by atoms with van der Waals surface area (Å²) in [5, 5.41) is 0. The molecule has 0 heterocycles. The zero-order chi connectivity index (χ0) is 9.90. The van der Waals surface area contributed by atoms with Crippen LogP contribution >= 0.6 is 0 Å². The minimum atomic E-state index is -0.0450. The molecule has 0 aromatic rings. The van der Waals surface area contributed by atoms with E-state index < -0.39 is 0 Å². The van der Waals surface area contributed by atoms with Gasteiger partial charge in [-0.05, 0) is 31.6 Å². The summed E-state index contributed by atoms with van der Waals surface area (Å²) >= 11 is 0. The molecule has 2 atom stereocenters. The molecule has 2 nitrogen and oxygen atoms in total. The summed E-state index contributed by atoms with van der Waals surface area (Å²) in [6, 6.07) is 0.244. The molecule has 1 aliphatic carbocycles. The van der Waals surface area contributed by atoms with E-state index >= 15 is 0 Å². The lowest BCUT2D eigenvalue weighted by molar-refractivity contribution is 0.283. The van der Waals surface area contributed by atoms with Crippen molar-refractivity contribution >= 4 is 0 Å². The van der Waals surface area contributed by atoms with Crippen LogP contribution in [0, 0.1) is 5.92 Å². The van der Waals surface area contributed by atoms with Crippen LogP contribution in [0.1, 0.15) is 52.4 Å². The van der Waals surface area contributed by atoms with Crippen LogP contribution in [0.25, 0.3) is 0 Å². The van der Waals surface area contributed by atoms with Crippen LogP contribution in [0.5, 0.6) is 0 Å². The monoisotopic (exact) mass is 184 g/mol. The van der Waals surface area contributed by atoms with Crippen molar-refractivity contribution in [2.24, 2.45) is 17.4 Å². The second-order valence-corrected chi connectivity index (χ2v) is 4.62. The van der Waals surface area contributed by atoms with Crippen molar-refractivity contribution in [2.45, 2.75) is 64.0 Å². The van der Waals surface area contributed by atoms with Gasteiger partial charge >= 0.3 is 0 Å². The Kier molecular flexibility index (Phi) is 3.74. The van der Waals surface area contributed by atoms with Gasteiger partial charge in [0.25, 0.3) is 0 Å². The van der Waals surface area contributed by atoms with E-state index in [-0.39, 0.29) is 11.6 Å². The Labute approximate surface area is 82.1 Å². The van der Waals surface area contributed by atoms with Crippen LogP contribution in [0.3, 0.4) is 0 Å². The summed E-state index contributed by atoms with van der Waals surface area (Å²) in [6.45, 7) is 4.50. The molecule has 13 heavy (non-hydrogen) atoms. The molecular weight excluding hydrogens is 160 g/mol. The first-order valence-electron chi connectivity index (χ1n) is 5.66. The predicted molar refractivity (Wildman–Crippen MR) is 57.4 cm³/mol. The fraction of sp³-hybridized carbons (Fsp3) is 1.00. The van der Waals surface area contributed by atoms with E-state index in [1.165, 1.54) is 19.3 Å². The molecule has 78 valence electrons.